The highest BCUT2D eigenvalue weighted by Crippen LogP contribution is 2.09. The molecule has 2 rings (SSSR count). The quantitative estimate of drug-likeness (QED) is 0.464. The molecule has 80 valence electrons. The minimum Gasteiger partial charge on any atom is -0.411 e. The Hall–Kier alpha value is -1.35. The van der Waals surface area contributed by atoms with Crippen molar-refractivity contribution in [2.45, 2.75) is 12.8 Å². The van der Waals surface area contributed by atoms with Crippen LogP contribution in [0.15, 0.2) is 35.5 Å². The van der Waals surface area contributed by atoms with Crippen molar-refractivity contribution in [1.29, 1.82) is 0 Å². The molecule has 0 bridgehead atoms. The van der Waals surface area contributed by atoms with Crippen LogP contribution in [0.25, 0.3) is 0 Å². The van der Waals surface area contributed by atoms with Crippen molar-refractivity contribution >= 4 is 5.71 Å². The number of oxime groups is 1. The number of hydrogen-bond donors (Lipinski definition) is 1. The summed E-state index contributed by atoms with van der Waals surface area (Å²) in [7, 11) is 0. The summed E-state index contributed by atoms with van der Waals surface area (Å²) in [5.41, 5.74) is 1.77. The first-order valence-corrected chi connectivity index (χ1v) is 5.39. The summed E-state index contributed by atoms with van der Waals surface area (Å²) < 4.78 is 0. The molecule has 1 N–H and O–H groups in total. The highest BCUT2D eigenvalue weighted by atomic mass is 16.4. The number of nitrogens with zero attached hydrogens (tertiary/aromatic N) is 2. The second kappa shape index (κ2) is 4.94. The Kier molecular flexibility index (Phi) is 3.35. The van der Waals surface area contributed by atoms with Gasteiger partial charge in [0, 0.05) is 12.1 Å². The van der Waals surface area contributed by atoms with Crippen LogP contribution >= 0.6 is 0 Å². The molecule has 0 aromatic heterocycles. The Morgan fingerprint density at radius 2 is 1.87 bits per heavy atom. The number of benzene rings is 1. The molecule has 0 atom stereocenters. The Morgan fingerprint density at radius 1 is 1.20 bits per heavy atom. The van der Waals surface area contributed by atoms with E-state index in [9.17, 15) is 0 Å². The zero-order valence-corrected chi connectivity index (χ0v) is 8.76. The second-order valence-electron chi connectivity index (χ2n) is 3.90. The fraction of sp³-hybridized carbons (Fsp3) is 0.417. The smallest absolute Gasteiger partial charge is 0.101 e. The zero-order chi connectivity index (χ0) is 10.5. The monoisotopic (exact) mass is 204 g/mol. The van der Waals surface area contributed by atoms with Gasteiger partial charge in [0.05, 0.1) is 0 Å². The molecule has 1 aromatic rings. The van der Waals surface area contributed by atoms with Crippen molar-refractivity contribution in [3.05, 3.63) is 35.9 Å². The minimum absolute atomic E-state index is 0.751. The molecule has 0 aliphatic carbocycles. The number of likely N-dealkylation sites (tertiary alicyclic amines) is 1. The van der Waals surface area contributed by atoms with Crippen LogP contribution in [0.3, 0.4) is 0 Å². The lowest BCUT2D eigenvalue weighted by atomic mass is 10.1. The Balaban J connectivity index is 2.05. The fourth-order valence-corrected chi connectivity index (χ4v) is 1.96. The van der Waals surface area contributed by atoms with Crippen LogP contribution in [0, 0.1) is 0 Å². The summed E-state index contributed by atoms with van der Waals surface area (Å²) in [6, 6.07) is 9.85. The third-order valence-electron chi connectivity index (χ3n) is 2.80. The average molecular weight is 204 g/mol. The summed E-state index contributed by atoms with van der Waals surface area (Å²) in [6.45, 7) is 2.98. The molecule has 0 saturated carbocycles. The summed E-state index contributed by atoms with van der Waals surface area (Å²) in [5.74, 6) is 0. The molecule has 1 aliphatic rings. The molecule has 3 heteroatoms. The molecule has 1 aliphatic heterocycles. The van der Waals surface area contributed by atoms with E-state index in [1.54, 1.807) is 0 Å². The molecule has 0 radical (unpaired) electrons. The largest absolute Gasteiger partial charge is 0.411 e. The fourth-order valence-electron chi connectivity index (χ4n) is 1.96. The van der Waals surface area contributed by atoms with Gasteiger partial charge in [-0.15, -0.1) is 0 Å². The van der Waals surface area contributed by atoms with Crippen molar-refractivity contribution < 1.29 is 5.21 Å². The Bertz CT molecular complexity index is 329. The third kappa shape index (κ3) is 2.57. The summed E-state index contributed by atoms with van der Waals surface area (Å²) >= 11 is 0. The zero-order valence-electron chi connectivity index (χ0n) is 8.76. The van der Waals surface area contributed by atoms with Gasteiger partial charge in [-0.3, -0.25) is 4.90 Å². The van der Waals surface area contributed by atoms with Crippen molar-refractivity contribution in [2.24, 2.45) is 5.16 Å². The van der Waals surface area contributed by atoms with Gasteiger partial charge in [0.2, 0.25) is 0 Å². The molecule has 0 amide bonds. The van der Waals surface area contributed by atoms with Crippen molar-refractivity contribution in [2.75, 3.05) is 19.6 Å². The molecule has 1 heterocycles. The lowest BCUT2D eigenvalue weighted by molar-refractivity contribution is 0.311. The van der Waals surface area contributed by atoms with Crippen molar-refractivity contribution in [1.82, 2.24) is 4.90 Å². The van der Waals surface area contributed by atoms with Gasteiger partial charge in [-0.05, 0) is 25.9 Å². The molecule has 0 unspecified atom stereocenters. The Morgan fingerprint density at radius 3 is 2.47 bits per heavy atom. The standard InChI is InChI=1S/C12H16N2O/c15-13-12(10-14-8-4-5-9-14)11-6-2-1-3-7-11/h1-3,6-7,15H,4-5,8-10H2. The maximum Gasteiger partial charge on any atom is 0.101 e. The van der Waals surface area contributed by atoms with Crippen LogP contribution in [0.2, 0.25) is 0 Å². The van der Waals surface area contributed by atoms with E-state index < -0.39 is 0 Å². The van der Waals surface area contributed by atoms with Crippen molar-refractivity contribution in [3.63, 3.8) is 0 Å². The average Bonchev–Trinajstić information content (AvgIpc) is 2.80. The first-order valence-electron chi connectivity index (χ1n) is 5.39. The predicted molar refractivity (Wildman–Crippen MR) is 60.4 cm³/mol. The molecular weight excluding hydrogens is 188 g/mol. The lowest BCUT2D eigenvalue weighted by Crippen LogP contribution is -2.27. The summed E-state index contributed by atoms with van der Waals surface area (Å²) in [5, 5.41) is 12.4. The van der Waals surface area contributed by atoms with Crippen LogP contribution in [0.5, 0.6) is 0 Å². The van der Waals surface area contributed by atoms with Gasteiger partial charge in [0.15, 0.2) is 0 Å². The van der Waals surface area contributed by atoms with Crippen LogP contribution in [-0.4, -0.2) is 35.5 Å². The van der Waals surface area contributed by atoms with Gasteiger partial charge in [0.25, 0.3) is 0 Å². The lowest BCUT2D eigenvalue weighted by Gasteiger charge is -2.15. The van der Waals surface area contributed by atoms with E-state index in [0.717, 1.165) is 30.9 Å². The Labute approximate surface area is 90.0 Å². The number of rotatable bonds is 3. The van der Waals surface area contributed by atoms with Gasteiger partial charge >= 0.3 is 0 Å². The van der Waals surface area contributed by atoms with E-state index in [1.807, 2.05) is 30.3 Å². The van der Waals surface area contributed by atoms with Crippen LogP contribution in [0.4, 0.5) is 0 Å². The normalized spacial score (nSPS) is 18.3. The predicted octanol–water partition coefficient (Wildman–Crippen LogP) is 1.96. The topological polar surface area (TPSA) is 35.8 Å². The molecule has 15 heavy (non-hydrogen) atoms. The van der Waals surface area contributed by atoms with E-state index in [1.165, 1.54) is 12.8 Å². The first-order chi connectivity index (χ1) is 7.40. The van der Waals surface area contributed by atoms with Gasteiger partial charge in [-0.25, -0.2) is 0 Å². The van der Waals surface area contributed by atoms with E-state index >= 15 is 0 Å². The second-order valence-corrected chi connectivity index (χ2v) is 3.90. The van der Waals surface area contributed by atoms with Crippen LogP contribution in [0.1, 0.15) is 18.4 Å². The van der Waals surface area contributed by atoms with Crippen LogP contribution < -0.4 is 0 Å². The van der Waals surface area contributed by atoms with Gasteiger partial charge in [-0.2, -0.15) is 0 Å². The molecule has 3 nitrogen and oxygen atoms in total. The van der Waals surface area contributed by atoms with Gasteiger partial charge < -0.3 is 5.21 Å². The minimum atomic E-state index is 0.751. The molecule has 1 saturated heterocycles. The highest BCUT2D eigenvalue weighted by Gasteiger charge is 2.15. The van der Waals surface area contributed by atoms with E-state index in [-0.39, 0.29) is 0 Å². The van der Waals surface area contributed by atoms with E-state index in [4.69, 9.17) is 5.21 Å². The maximum atomic E-state index is 9.00. The summed E-state index contributed by atoms with van der Waals surface area (Å²) in [6.07, 6.45) is 2.51. The highest BCUT2D eigenvalue weighted by molar-refractivity contribution is 6.01. The van der Waals surface area contributed by atoms with E-state index in [2.05, 4.69) is 10.1 Å². The van der Waals surface area contributed by atoms with Crippen LogP contribution in [-0.2, 0) is 0 Å². The van der Waals surface area contributed by atoms with E-state index in [0.29, 0.717) is 0 Å². The molecule has 1 aromatic carbocycles. The number of hydrogen-bond acceptors (Lipinski definition) is 3. The molecule has 1 fully saturated rings. The van der Waals surface area contributed by atoms with Gasteiger partial charge in [0.1, 0.15) is 5.71 Å². The van der Waals surface area contributed by atoms with Crippen molar-refractivity contribution in [3.8, 4) is 0 Å². The molecule has 0 spiro atoms. The van der Waals surface area contributed by atoms with Gasteiger partial charge in [-0.1, -0.05) is 35.5 Å². The SMILES string of the molecule is ON=C(CN1CCCC1)c1ccccc1. The maximum absolute atomic E-state index is 9.00. The summed E-state index contributed by atoms with van der Waals surface area (Å²) in [4.78, 5) is 2.32. The third-order valence-corrected chi connectivity index (χ3v) is 2.80. The molecular formula is C12H16N2O. The first kappa shape index (κ1) is 10.2.